The van der Waals surface area contributed by atoms with Gasteiger partial charge in [0.2, 0.25) is 0 Å². The van der Waals surface area contributed by atoms with E-state index in [1.54, 1.807) is 6.07 Å². The maximum absolute atomic E-state index is 12.9. The number of nitrogens with zero attached hydrogens (tertiary/aromatic N) is 1. The first-order valence-electron chi connectivity index (χ1n) is 4.06. The number of hydrogen-bond donors (Lipinski definition) is 0. The van der Waals surface area contributed by atoms with E-state index in [9.17, 15) is 4.39 Å². The average Bonchev–Trinajstić information content (AvgIpc) is 2.66. The van der Waals surface area contributed by atoms with Crippen molar-refractivity contribution in [2.45, 2.75) is 5.88 Å². The Bertz CT molecular complexity index is 441. The summed E-state index contributed by atoms with van der Waals surface area (Å²) in [5.41, 5.74) is 1.63. The highest BCUT2D eigenvalue weighted by atomic mass is 35.5. The van der Waals surface area contributed by atoms with Crippen LogP contribution in [0.25, 0.3) is 10.6 Å². The fourth-order valence-electron chi connectivity index (χ4n) is 1.12. The molecule has 0 N–H and O–H groups in total. The second-order valence-electron chi connectivity index (χ2n) is 2.79. The van der Waals surface area contributed by atoms with Crippen molar-refractivity contribution in [1.82, 2.24) is 4.98 Å². The van der Waals surface area contributed by atoms with Crippen LogP contribution in [-0.2, 0) is 5.88 Å². The molecule has 1 aromatic carbocycles. The smallest absolute Gasteiger partial charge is 0.123 e. The van der Waals surface area contributed by atoms with Crippen LogP contribution in [0, 0.1) is 5.82 Å². The fraction of sp³-hybridized carbons (Fsp3) is 0.100. The first-order valence-corrected chi connectivity index (χ1v) is 5.47. The van der Waals surface area contributed by atoms with Crippen LogP contribution >= 0.6 is 22.9 Å². The lowest BCUT2D eigenvalue weighted by atomic mass is 10.2. The Balaban J connectivity index is 2.39. The van der Waals surface area contributed by atoms with Gasteiger partial charge in [0.1, 0.15) is 10.8 Å². The molecule has 1 heterocycles. The third kappa shape index (κ3) is 1.94. The Morgan fingerprint density at radius 1 is 1.43 bits per heavy atom. The highest BCUT2D eigenvalue weighted by Crippen LogP contribution is 2.24. The molecule has 0 bridgehead atoms. The number of halogens is 2. The molecule has 0 aliphatic carbocycles. The number of hydrogen-bond acceptors (Lipinski definition) is 2. The monoisotopic (exact) mass is 227 g/mol. The van der Waals surface area contributed by atoms with Crippen LogP contribution in [0.1, 0.15) is 5.69 Å². The number of thiazole rings is 1. The summed E-state index contributed by atoms with van der Waals surface area (Å²) in [6, 6.07) is 6.39. The van der Waals surface area contributed by atoms with Gasteiger partial charge in [-0.2, -0.15) is 0 Å². The van der Waals surface area contributed by atoms with Gasteiger partial charge in [-0.15, -0.1) is 22.9 Å². The molecular weight excluding hydrogens is 221 g/mol. The van der Waals surface area contributed by atoms with Crippen molar-refractivity contribution in [2.75, 3.05) is 0 Å². The minimum Gasteiger partial charge on any atom is -0.240 e. The van der Waals surface area contributed by atoms with Gasteiger partial charge in [-0.3, -0.25) is 0 Å². The summed E-state index contributed by atoms with van der Waals surface area (Å²) in [5, 5.41) is 2.69. The number of rotatable bonds is 2. The first kappa shape index (κ1) is 9.62. The van der Waals surface area contributed by atoms with Crippen molar-refractivity contribution < 1.29 is 4.39 Å². The molecule has 0 saturated carbocycles. The van der Waals surface area contributed by atoms with E-state index in [4.69, 9.17) is 11.6 Å². The van der Waals surface area contributed by atoms with E-state index in [0.717, 1.165) is 16.3 Å². The van der Waals surface area contributed by atoms with E-state index in [1.165, 1.54) is 23.5 Å². The van der Waals surface area contributed by atoms with E-state index >= 15 is 0 Å². The van der Waals surface area contributed by atoms with Gasteiger partial charge in [0.05, 0.1) is 11.6 Å². The summed E-state index contributed by atoms with van der Waals surface area (Å²) in [4.78, 5) is 4.26. The molecule has 14 heavy (non-hydrogen) atoms. The summed E-state index contributed by atoms with van der Waals surface area (Å²) in [6.45, 7) is 0. The molecule has 0 unspecified atom stereocenters. The highest BCUT2D eigenvalue weighted by Gasteiger charge is 2.04. The van der Waals surface area contributed by atoms with Gasteiger partial charge in [-0.05, 0) is 12.1 Å². The Morgan fingerprint density at radius 3 is 2.93 bits per heavy atom. The fourth-order valence-corrected chi connectivity index (χ4v) is 2.17. The Hall–Kier alpha value is -0.930. The summed E-state index contributed by atoms with van der Waals surface area (Å²) < 4.78 is 12.9. The molecule has 2 aromatic rings. The van der Waals surface area contributed by atoms with Crippen LogP contribution < -0.4 is 0 Å². The lowest BCUT2D eigenvalue weighted by molar-refractivity contribution is 0.628. The van der Waals surface area contributed by atoms with Crippen molar-refractivity contribution in [3.8, 4) is 10.6 Å². The molecular formula is C10H7ClFNS. The van der Waals surface area contributed by atoms with Crippen molar-refractivity contribution in [2.24, 2.45) is 0 Å². The van der Waals surface area contributed by atoms with Crippen LogP contribution in [0.15, 0.2) is 29.6 Å². The lowest BCUT2D eigenvalue weighted by Crippen LogP contribution is -1.80. The van der Waals surface area contributed by atoms with Gasteiger partial charge in [-0.1, -0.05) is 12.1 Å². The minimum atomic E-state index is -0.245. The second kappa shape index (κ2) is 4.07. The molecule has 1 nitrogen and oxygen atoms in total. The largest absolute Gasteiger partial charge is 0.240 e. The van der Waals surface area contributed by atoms with E-state index in [0.29, 0.717) is 5.88 Å². The van der Waals surface area contributed by atoms with Crippen molar-refractivity contribution in [3.63, 3.8) is 0 Å². The Kier molecular flexibility index (Phi) is 2.79. The molecule has 0 atom stereocenters. The SMILES string of the molecule is Fc1cccc(-c2nc(CCl)cs2)c1. The van der Waals surface area contributed by atoms with Crippen molar-refractivity contribution in [3.05, 3.63) is 41.2 Å². The van der Waals surface area contributed by atoms with Gasteiger partial charge in [0.25, 0.3) is 0 Å². The molecule has 1 aromatic heterocycles. The van der Waals surface area contributed by atoms with E-state index in [1.807, 2.05) is 11.4 Å². The van der Waals surface area contributed by atoms with Gasteiger partial charge >= 0.3 is 0 Å². The second-order valence-corrected chi connectivity index (χ2v) is 3.91. The van der Waals surface area contributed by atoms with Crippen LogP contribution in [0.5, 0.6) is 0 Å². The predicted octanol–water partition coefficient (Wildman–Crippen LogP) is 3.69. The van der Waals surface area contributed by atoms with Crippen molar-refractivity contribution in [1.29, 1.82) is 0 Å². The van der Waals surface area contributed by atoms with Gasteiger partial charge in [0, 0.05) is 10.9 Å². The number of alkyl halides is 1. The topological polar surface area (TPSA) is 12.9 Å². The van der Waals surface area contributed by atoms with E-state index in [2.05, 4.69) is 4.98 Å². The quantitative estimate of drug-likeness (QED) is 0.713. The predicted molar refractivity (Wildman–Crippen MR) is 57.1 cm³/mol. The Morgan fingerprint density at radius 2 is 2.29 bits per heavy atom. The molecule has 0 aliphatic rings. The van der Waals surface area contributed by atoms with Crippen LogP contribution in [0.2, 0.25) is 0 Å². The normalized spacial score (nSPS) is 10.4. The maximum atomic E-state index is 12.9. The van der Waals surface area contributed by atoms with Gasteiger partial charge in [-0.25, -0.2) is 9.37 Å². The molecule has 0 amide bonds. The zero-order valence-electron chi connectivity index (χ0n) is 7.21. The average molecular weight is 228 g/mol. The molecule has 0 fully saturated rings. The van der Waals surface area contributed by atoms with Gasteiger partial charge < -0.3 is 0 Å². The van der Waals surface area contributed by atoms with Gasteiger partial charge in [0.15, 0.2) is 0 Å². The summed E-state index contributed by atoms with van der Waals surface area (Å²) >= 11 is 7.10. The molecule has 4 heteroatoms. The molecule has 72 valence electrons. The van der Waals surface area contributed by atoms with E-state index < -0.39 is 0 Å². The maximum Gasteiger partial charge on any atom is 0.123 e. The number of aromatic nitrogens is 1. The Labute approximate surface area is 90.2 Å². The minimum absolute atomic E-state index is 0.245. The third-order valence-corrected chi connectivity index (χ3v) is 2.97. The molecule has 0 saturated heterocycles. The first-order chi connectivity index (χ1) is 6.79. The molecule has 2 rings (SSSR count). The van der Waals surface area contributed by atoms with E-state index in [-0.39, 0.29) is 5.82 Å². The third-order valence-electron chi connectivity index (χ3n) is 1.76. The number of benzene rings is 1. The molecule has 0 aliphatic heterocycles. The molecule has 0 radical (unpaired) electrons. The summed E-state index contributed by atoms with van der Waals surface area (Å²) in [6.07, 6.45) is 0. The van der Waals surface area contributed by atoms with Crippen LogP contribution in [0.3, 0.4) is 0 Å². The van der Waals surface area contributed by atoms with Crippen molar-refractivity contribution >= 4 is 22.9 Å². The molecule has 0 spiro atoms. The standard InChI is InChI=1S/C10H7ClFNS/c11-5-9-6-14-10(13-9)7-2-1-3-8(12)4-7/h1-4,6H,5H2. The summed E-state index contributed by atoms with van der Waals surface area (Å²) in [7, 11) is 0. The zero-order chi connectivity index (χ0) is 9.97. The zero-order valence-corrected chi connectivity index (χ0v) is 8.78. The van der Waals surface area contributed by atoms with Crippen LogP contribution in [-0.4, -0.2) is 4.98 Å². The lowest BCUT2D eigenvalue weighted by Gasteiger charge is -1.94. The highest BCUT2D eigenvalue weighted by molar-refractivity contribution is 7.13. The van der Waals surface area contributed by atoms with Crippen LogP contribution in [0.4, 0.5) is 4.39 Å². The summed E-state index contributed by atoms with van der Waals surface area (Å²) in [5.74, 6) is 0.149.